The molecule has 2 aromatic carbocycles. The quantitative estimate of drug-likeness (QED) is 0.172. The zero-order valence-corrected chi connectivity index (χ0v) is 24.3. The smallest absolute Gasteiger partial charge is 0.267 e. The number of ketones is 1. The van der Waals surface area contributed by atoms with Gasteiger partial charge in [-0.15, -0.1) is 5.10 Å². The van der Waals surface area contributed by atoms with Gasteiger partial charge in [-0.25, -0.2) is 4.68 Å². The maximum Gasteiger partial charge on any atom is 0.267 e. The highest BCUT2D eigenvalue weighted by Crippen LogP contribution is 2.36. The summed E-state index contributed by atoms with van der Waals surface area (Å²) in [7, 11) is -0.358. The van der Waals surface area contributed by atoms with Crippen LogP contribution in [0.15, 0.2) is 53.3 Å². The molecule has 0 aliphatic rings. The molecule has 37 heavy (non-hydrogen) atoms. The van der Waals surface area contributed by atoms with E-state index in [9.17, 15) is 9.59 Å². The molecule has 0 atom stereocenters. The van der Waals surface area contributed by atoms with Crippen LogP contribution in [0.1, 0.15) is 43.6 Å². The van der Waals surface area contributed by atoms with E-state index < -0.39 is 8.32 Å². The lowest BCUT2D eigenvalue weighted by atomic mass is 9.98. The molecule has 1 heterocycles. The Morgan fingerprint density at radius 1 is 1.03 bits per heavy atom. The van der Waals surface area contributed by atoms with Gasteiger partial charge in [0.25, 0.3) is 5.56 Å². The number of hydrogen-bond donors (Lipinski definition) is 0. The lowest BCUT2D eigenvalue weighted by Crippen LogP contribution is -2.41. The number of ether oxygens (including phenoxy) is 2. The van der Waals surface area contributed by atoms with E-state index >= 15 is 0 Å². The van der Waals surface area contributed by atoms with Crippen molar-refractivity contribution in [1.82, 2.24) is 9.78 Å². The molecule has 0 unspecified atom stereocenters. The van der Waals surface area contributed by atoms with Crippen LogP contribution in [-0.2, 0) is 11.0 Å². The van der Waals surface area contributed by atoms with Crippen molar-refractivity contribution in [3.63, 3.8) is 0 Å². The van der Waals surface area contributed by atoms with Crippen molar-refractivity contribution in [1.29, 1.82) is 0 Å². The van der Waals surface area contributed by atoms with Gasteiger partial charge in [-0.2, -0.15) is 0 Å². The Bertz CT molecular complexity index is 1310. The Kier molecular flexibility index (Phi) is 8.99. The summed E-state index contributed by atoms with van der Waals surface area (Å²) < 4.78 is 18.9. The maximum atomic E-state index is 13.1. The number of halogens is 1. The molecule has 3 aromatic rings. The zero-order valence-electron chi connectivity index (χ0n) is 22.6. The third-order valence-electron chi connectivity index (χ3n) is 6.70. The molecular formula is C28H35ClN2O5Si. The average molecular weight is 543 g/mol. The number of benzene rings is 2. The highest BCUT2D eigenvalue weighted by atomic mass is 35.5. The second-order valence-electron chi connectivity index (χ2n) is 10.4. The first-order valence-electron chi connectivity index (χ1n) is 12.1. The Labute approximate surface area is 224 Å². The van der Waals surface area contributed by atoms with Gasteiger partial charge in [-0.1, -0.05) is 44.5 Å². The standard InChI is InChI=1S/C28H35ClN2O5Si/c1-19(32)23-13-10-21(29)16-24(23)25-17-26(33)31(18-20-8-11-22(34-5)12-9-20)30-27(25)35-14-15-36-37(6,7)28(2,3)4/h8-13,16-17H,14-15,18H2,1-7H3. The molecule has 1 aromatic heterocycles. The molecule has 0 aliphatic heterocycles. The molecule has 0 N–H and O–H groups in total. The first-order chi connectivity index (χ1) is 17.3. The maximum absolute atomic E-state index is 13.1. The van der Waals surface area contributed by atoms with Crippen molar-refractivity contribution in [3.8, 4) is 22.8 Å². The number of carbonyl (C=O) groups excluding carboxylic acids is 1. The van der Waals surface area contributed by atoms with Gasteiger partial charge in [0.05, 0.1) is 25.8 Å². The van der Waals surface area contributed by atoms with Crippen LogP contribution in [0.25, 0.3) is 11.1 Å². The normalized spacial score (nSPS) is 11.9. The Hall–Kier alpha value is -2.94. The Morgan fingerprint density at radius 3 is 2.30 bits per heavy atom. The number of carbonyl (C=O) groups is 1. The van der Waals surface area contributed by atoms with Gasteiger partial charge < -0.3 is 13.9 Å². The summed E-state index contributed by atoms with van der Waals surface area (Å²) in [5, 5.41) is 5.06. The van der Waals surface area contributed by atoms with E-state index in [1.807, 2.05) is 24.3 Å². The molecule has 198 valence electrons. The third-order valence-corrected chi connectivity index (χ3v) is 11.5. The van der Waals surface area contributed by atoms with Gasteiger partial charge in [0.2, 0.25) is 5.88 Å². The van der Waals surface area contributed by atoms with Gasteiger partial charge in [-0.3, -0.25) is 9.59 Å². The second-order valence-corrected chi connectivity index (χ2v) is 15.7. The van der Waals surface area contributed by atoms with Crippen LogP contribution in [0.4, 0.5) is 0 Å². The largest absolute Gasteiger partial charge is 0.497 e. The van der Waals surface area contributed by atoms with E-state index in [2.05, 4.69) is 39.0 Å². The number of rotatable bonds is 10. The fraction of sp³-hybridized carbons (Fsp3) is 0.393. The summed E-state index contributed by atoms with van der Waals surface area (Å²) in [6.07, 6.45) is 0. The van der Waals surface area contributed by atoms with Gasteiger partial charge in [-0.05, 0) is 66.5 Å². The minimum absolute atomic E-state index is 0.0686. The summed E-state index contributed by atoms with van der Waals surface area (Å²) in [5.41, 5.74) is 1.89. The van der Waals surface area contributed by atoms with E-state index in [1.54, 1.807) is 25.3 Å². The first-order valence-corrected chi connectivity index (χ1v) is 15.4. The molecule has 3 rings (SSSR count). The molecule has 7 nitrogen and oxygen atoms in total. The minimum atomic E-state index is -1.96. The van der Waals surface area contributed by atoms with Crippen LogP contribution in [-0.4, -0.2) is 44.2 Å². The van der Waals surface area contributed by atoms with Crippen LogP contribution in [0.3, 0.4) is 0 Å². The number of Topliss-reactive ketones (excluding diaryl/α,β-unsaturated/α-hetero) is 1. The molecule has 0 bridgehead atoms. The van der Waals surface area contributed by atoms with Crippen LogP contribution < -0.4 is 15.0 Å². The molecule has 0 aliphatic carbocycles. The third kappa shape index (κ3) is 7.09. The first kappa shape index (κ1) is 28.6. The van der Waals surface area contributed by atoms with Crippen molar-refractivity contribution in [3.05, 3.63) is 75.0 Å². The number of nitrogens with zero attached hydrogens (tertiary/aromatic N) is 2. The van der Waals surface area contributed by atoms with Gasteiger partial charge in [0.1, 0.15) is 12.4 Å². The van der Waals surface area contributed by atoms with Crippen molar-refractivity contribution >= 4 is 25.7 Å². The van der Waals surface area contributed by atoms with E-state index in [-0.39, 0.29) is 35.4 Å². The SMILES string of the molecule is COc1ccc(Cn2nc(OCCO[Si](C)(C)C(C)(C)C)c(-c3cc(Cl)ccc3C(C)=O)cc2=O)cc1. The predicted molar refractivity (Wildman–Crippen MR) is 150 cm³/mol. The van der Waals surface area contributed by atoms with Crippen molar-refractivity contribution in [2.24, 2.45) is 0 Å². The topological polar surface area (TPSA) is 79.7 Å². The van der Waals surface area contributed by atoms with Crippen LogP contribution in [0, 0.1) is 0 Å². The van der Waals surface area contributed by atoms with Gasteiger partial charge >= 0.3 is 0 Å². The van der Waals surface area contributed by atoms with Crippen LogP contribution in [0.5, 0.6) is 11.6 Å². The molecule has 0 fully saturated rings. The predicted octanol–water partition coefficient (Wildman–Crippen LogP) is 6.22. The minimum Gasteiger partial charge on any atom is -0.497 e. The molecule has 0 spiro atoms. The number of hydrogen-bond acceptors (Lipinski definition) is 6. The zero-order chi connectivity index (χ0) is 27.4. The van der Waals surface area contributed by atoms with Gasteiger partial charge in [0.15, 0.2) is 14.1 Å². The van der Waals surface area contributed by atoms with Crippen molar-refractivity contribution < 1.29 is 18.7 Å². The summed E-state index contributed by atoms with van der Waals surface area (Å²) in [6.45, 7) is 13.2. The molecule has 0 saturated carbocycles. The lowest BCUT2D eigenvalue weighted by molar-refractivity contribution is 0.101. The second kappa shape index (κ2) is 11.6. The highest BCUT2D eigenvalue weighted by molar-refractivity contribution is 6.74. The summed E-state index contributed by atoms with van der Waals surface area (Å²) in [5.74, 6) is 0.806. The van der Waals surface area contributed by atoms with E-state index in [0.717, 1.165) is 11.3 Å². The van der Waals surface area contributed by atoms with Crippen LogP contribution >= 0.6 is 11.6 Å². The molecule has 0 saturated heterocycles. The van der Waals surface area contributed by atoms with Crippen LogP contribution in [0.2, 0.25) is 23.2 Å². The highest BCUT2D eigenvalue weighted by Gasteiger charge is 2.37. The molecule has 9 heteroatoms. The van der Waals surface area contributed by atoms with Crippen molar-refractivity contribution in [2.75, 3.05) is 20.3 Å². The number of methoxy groups -OCH3 is 1. The lowest BCUT2D eigenvalue weighted by Gasteiger charge is -2.36. The summed E-state index contributed by atoms with van der Waals surface area (Å²) >= 11 is 6.26. The Balaban J connectivity index is 1.98. The molecule has 0 amide bonds. The summed E-state index contributed by atoms with van der Waals surface area (Å²) in [4.78, 5) is 25.5. The fourth-order valence-electron chi connectivity index (χ4n) is 3.49. The van der Waals surface area contributed by atoms with E-state index in [1.165, 1.54) is 17.7 Å². The Morgan fingerprint density at radius 2 is 1.70 bits per heavy atom. The number of aromatic nitrogens is 2. The fourth-order valence-corrected chi connectivity index (χ4v) is 4.69. The molecule has 0 radical (unpaired) electrons. The van der Waals surface area contributed by atoms with E-state index in [4.69, 9.17) is 25.5 Å². The van der Waals surface area contributed by atoms with Crippen molar-refractivity contribution in [2.45, 2.75) is 52.4 Å². The molecular weight excluding hydrogens is 508 g/mol. The monoisotopic (exact) mass is 542 g/mol. The van der Waals surface area contributed by atoms with Gasteiger partial charge in [0, 0.05) is 16.7 Å². The van der Waals surface area contributed by atoms with E-state index in [0.29, 0.717) is 28.3 Å². The average Bonchev–Trinajstić information content (AvgIpc) is 2.83. The summed E-state index contributed by atoms with van der Waals surface area (Å²) in [6, 6.07) is 13.8.